The van der Waals surface area contributed by atoms with Crippen LogP contribution in [0.5, 0.6) is 5.75 Å². The van der Waals surface area contributed by atoms with Gasteiger partial charge in [0.15, 0.2) is 0 Å². The van der Waals surface area contributed by atoms with E-state index in [-0.39, 0.29) is 36.0 Å². The average molecular weight is 391 g/mol. The van der Waals surface area contributed by atoms with Crippen LogP contribution in [0.4, 0.5) is 8.78 Å². The molecule has 27 heavy (non-hydrogen) atoms. The van der Waals surface area contributed by atoms with Crippen LogP contribution in [-0.4, -0.2) is 23.1 Å². The summed E-state index contributed by atoms with van der Waals surface area (Å²) in [5.74, 6) is -0.969. The Hall–Kier alpha value is -2.68. The molecule has 0 amide bonds. The zero-order valence-corrected chi connectivity index (χ0v) is 14.8. The maximum absolute atomic E-state index is 14.2. The van der Waals surface area contributed by atoms with Crippen LogP contribution in [0.3, 0.4) is 0 Å². The van der Waals surface area contributed by atoms with Gasteiger partial charge < -0.3 is 4.74 Å². The van der Waals surface area contributed by atoms with Crippen molar-refractivity contribution in [3.05, 3.63) is 75.3 Å². The minimum Gasteiger partial charge on any atom is -0.493 e. The third-order valence-electron chi connectivity index (χ3n) is 4.71. The van der Waals surface area contributed by atoms with E-state index in [0.29, 0.717) is 10.8 Å². The lowest BCUT2D eigenvalue weighted by molar-refractivity contribution is -0.482. The number of hydrogen-bond donors (Lipinski definition) is 1. The van der Waals surface area contributed by atoms with Gasteiger partial charge in [-0.05, 0) is 18.2 Å². The van der Waals surface area contributed by atoms with Gasteiger partial charge in [0, 0.05) is 34.5 Å². The van der Waals surface area contributed by atoms with Crippen LogP contribution in [-0.2, 0) is 4.87 Å². The van der Waals surface area contributed by atoms with Gasteiger partial charge in [0.05, 0.1) is 6.61 Å². The first kappa shape index (κ1) is 17.7. The van der Waals surface area contributed by atoms with E-state index in [2.05, 4.69) is 10.5 Å². The number of hydrogen-bond acceptors (Lipinski definition) is 6. The van der Waals surface area contributed by atoms with Crippen molar-refractivity contribution in [1.29, 1.82) is 0 Å². The molecule has 1 N–H and O–H groups in total. The second-order valence-corrected chi connectivity index (χ2v) is 7.57. The molecule has 140 valence electrons. The number of rotatable bonds is 4. The van der Waals surface area contributed by atoms with Crippen molar-refractivity contribution in [3.63, 3.8) is 0 Å². The Morgan fingerprint density at radius 2 is 2.15 bits per heavy atom. The molecule has 0 bridgehead atoms. The van der Waals surface area contributed by atoms with Gasteiger partial charge in [0.2, 0.25) is 6.54 Å². The van der Waals surface area contributed by atoms with E-state index in [1.54, 1.807) is 0 Å². The predicted octanol–water partition coefficient (Wildman–Crippen LogP) is 3.49. The summed E-state index contributed by atoms with van der Waals surface area (Å²) in [5, 5.41) is 15.5. The number of fused-ring (bicyclic) bond motifs is 2. The second-order valence-electron chi connectivity index (χ2n) is 6.34. The van der Waals surface area contributed by atoms with Crippen molar-refractivity contribution in [2.45, 2.75) is 11.3 Å². The molecule has 2 aliphatic rings. The quantitative estimate of drug-likeness (QED) is 0.638. The molecule has 1 spiro atoms. The summed E-state index contributed by atoms with van der Waals surface area (Å²) in [7, 11) is 0. The molecular weight excluding hydrogens is 376 g/mol. The normalized spacial score (nSPS) is 23.3. The summed E-state index contributed by atoms with van der Waals surface area (Å²) in [6.45, 7) is 0.0694. The maximum atomic E-state index is 14.2. The smallest absolute Gasteiger partial charge is 0.204 e. The van der Waals surface area contributed by atoms with E-state index in [0.717, 1.165) is 11.6 Å². The number of para-hydroxylation sites is 1. The van der Waals surface area contributed by atoms with Crippen molar-refractivity contribution in [2.75, 3.05) is 13.2 Å². The van der Waals surface area contributed by atoms with Crippen molar-refractivity contribution < 1.29 is 18.4 Å². The van der Waals surface area contributed by atoms with E-state index < -0.39 is 16.5 Å². The molecule has 2 aliphatic heterocycles. The zero-order valence-electron chi connectivity index (χ0n) is 14.0. The molecule has 4 rings (SSSR count). The summed E-state index contributed by atoms with van der Waals surface area (Å²) in [6.07, 6.45) is 0.274. The lowest BCUT2D eigenvalue weighted by atomic mass is 9.88. The van der Waals surface area contributed by atoms with E-state index in [4.69, 9.17) is 4.74 Å². The Labute approximate surface area is 157 Å². The van der Waals surface area contributed by atoms with Gasteiger partial charge in [-0.3, -0.25) is 15.5 Å². The molecule has 0 radical (unpaired) electrons. The minimum atomic E-state index is -0.805. The van der Waals surface area contributed by atoms with Crippen molar-refractivity contribution >= 4 is 16.8 Å². The highest BCUT2D eigenvalue weighted by Crippen LogP contribution is 2.52. The van der Waals surface area contributed by atoms with Gasteiger partial charge in [-0.2, -0.15) is 5.10 Å². The fraction of sp³-hybridized carbons (Fsp3) is 0.278. The number of ether oxygens (including phenoxy) is 1. The van der Waals surface area contributed by atoms with Crippen LogP contribution in [0, 0.1) is 27.7 Å². The predicted molar refractivity (Wildman–Crippen MR) is 97.2 cm³/mol. The lowest BCUT2D eigenvalue weighted by Gasteiger charge is -2.40. The van der Waals surface area contributed by atoms with Crippen LogP contribution in [0.2, 0.25) is 0 Å². The minimum absolute atomic E-state index is 0.183. The van der Waals surface area contributed by atoms with Gasteiger partial charge >= 0.3 is 0 Å². The molecule has 0 fully saturated rings. The van der Waals surface area contributed by atoms with Gasteiger partial charge in [-0.25, -0.2) is 8.78 Å². The van der Waals surface area contributed by atoms with Gasteiger partial charge in [-0.1, -0.05) is 30.0 Å². The first-order valence-electron chi connectivity index (χ1n) is 8.33. The van der Waals surface area contributed by atoms with E-state index >= 15 is 0 Å². The van der Waals surface area contributed by atoms with Crippen LogP contribution < -0.4 is 10.2 Å². The number of hydrazone groups is 1. The van der Waals surface area contributed by atoms with Gasteiger partial charge in [0.1, 0.15) is 27.3 Å². The number of halogens is 2. The Kier molecular flexibility index (Phi) is 4.47. The molecule has 0 aromatic heterocycles. The summed E-state index contributed by atoms with van der Waals surface area (Å²) in [4.78, 5) is 9.71. The number of nitrogens with zero attached hydrogens (tertiary/aromatic N) is 2. The molecule has 2 atom stereocenters. The van der Waals surface area contributed by atoms with Crippen LogP contribution in [0.1, 0.15) is 17.5 Å². The maximum Gasteiger partial charge on any atom is 0.204 e. The third kappa shape index (κ3) is 3.12. The fourth-order valence-corrected chi connectivity index (χ4v) is 4.77. The zero-order chi connectivity index (χ0) is 19.0. The summed E-state index contributed by atoms with van der Waals surface area (Å²) < 4.78 is 33.2. The molecule has 2 heterocycles. The van der Waals surface area contributed by atoms with E-state index in [9.17, 15) is 18.9 Å². The third-order valence-corrected chi connectivity index (χ3v) is 6.18. The molecule has 9 heteroatoms. The molecule has 2 aromatic rings. The SMILES string of the molecule is O=[N+]([O-])CCC1COc2ccccc2C12NN=C(c1ccc(F)cc1F)S2. The Balaban J connectivity index is 1.71. The highest BCUT2D eigenvalue weighted by molar-refractivity contribution is 8.15. The molecule has 0 aliphatic carbocycles. The van der Waals surface area contributed by atoms with Gasteiger partial charge in [0.25, 0.3) is 0 Å². The number of nitrogens with one attached hydrogen (secondary N) is 1. The highest BCUT2D eigenvalue weighted by Gasteiger charge is 2.51. The van der Waals surface area contributed by atoms with Crippen molar-refractivity contribution in [3.8, 4) is 5.75 Å². The van der Waals surface area contributed by atoms with Crippen molar-refractivity contribution in [2.24, 2.45) is 11.0 Å². The average Bonchev–Trinajstić information content (AvgIpc) is 3.07. The van der Waals surface area contributed by atoms with Crippen LogP contribution >= 0.6 is 11.8 Å². The van der Waals surface area contributed by atoms with Crippen molar-refractivity contribution in [1.82, 2.24) is 5.43 Å². The Bertz CT molecular complexity index is 940. The van der Waals surface area contributed by atoms with Gasteiger partial charge in [-0.15, -0.1) is 0 Å². The molecule has 2 aromatic carbocycles. The van der Waals surface area contributed by atoms with E-state index in [1.807, 2.05) is 24.3 Å². The molecule has 6 nitrogen and oxygen atoms in total. The fourth-order valence-electron chi connectivity index (χ4n) is 3.37. The highest BCUT2D eigenvalue weighted by atomic mass is 32.2. The first-order valence-corrected chi connectivity index (χ1v) is 9.14. The molecular formula is C18H15F2N3O3S. The Morgan fingerprint density at radius 3 is 2.93 bits per heavy atom. The summed E-state index contributed by atoms with van der Waals surface area (Å²) in [5.41, 5.74) is 4.07. The first-order chi connectivity index (χ1) is 13.0. The molecule has 0 saturated heterocycles. The Morgan fingerprint density at radius 1 is 1.33 bits per heavy atom. The lowest BCUT2D eigenvalue weighted by Crippen LogP contribution is -2.47. The summed E-state index contributed by atoms with van der Waals surface area (Å²) in [6, 6.07) is 10.7. The largest absolute Gasteiger partial charge is 0.493 e. The number of nitro groups is 1. The number of benzene rings is 2. The molecule has 0 saturated carbocycles. The number of thioether (sulfide) groups is 1. The topological polar surface area (TPSA) is 76.8 Å². The standard InChI is InChI=1S/C18H15F2N3O3S/c19-12-5-6-13(15(20)9-12)17-21-22-18(27-17)11(7-8-23(24)25)10-26-16-4-2-1-3-14(16)18/h1-6,9,11,22H,7-8,10H2. The van der Waals surface area contributed by atoms with E-state index in [1.165, 1.54) is 23.9 Å². The van der Waals surface area contributed by atoms with Crippen LogP contribution in [0.15, 0.2) is 47.6 Å². The molecule has 2 unspecified atom stereocenters. The monoisotopic (exact) mass is 391 g/mol. The summed E-state index contributed by atoms with van der Waals surface area (Å²) >= 11 is 1.28. The van der Waals surface area contributed by atoms with Crippen LogP contribution in [0.25, 0.3) is 0 Å². The second kappa shape index (κ2) is 6.80.